The summed E-state index contributed by atoms with van der Waals surface area (Å²) in [6, 6.07) is 4.06. The molecule has 0 unspecified atom stereocenters. The second kappa shape index (κ2) is 5.93. The number of aromatic nitrogens is 4. The Kier molecular flexibility index (Phi) is 4.03. The summed E-state index contributed by atoms with van der Waals surface area (Å²) in [6.07, 6.45) is 4.72. The van der Waals surface area contributed by atoms with Crippen LogP contribution in [-0.4, -0.2) is 19.7 Å². The van der Waals surface area contributed by atoms with Gasteiger partial charge in [0.25, 0.3) is 0 Å². The first-order valence-corrected chi connectivity index (χ1v) is 7.85. The Hall–Kier alpha value is -1.40. The summed E-state index contributed by atoms with van der Waals surface area (Å²) in [5.74, 6) is 1.11. The molecule has 1 aliphatic rings. The molecule has 0 amide bonds. The first-order valence-electron chi connectivity index (χ1n) is 7.04. The van der Waals surface area contributed by atoms with Gasteiger partial charge < -0.3 is 10.3 Å². The van der Waals surface area contributed by atoms with Gasteiger partial charge in [0, 0.05) is 25.2 Å². The van der Waals surface area contributed by atoms with Crippen LogP contribution in [0.2, 0.25) is 0 Å². The molecule has 0 atom stereocenters. The molecule has 20 heavy (non-hydrogen) atoms. The van der Waals surface area contributed by atoms with Crippen molar-refractivity contribution in [2.24, 2.45) is 5.73 Å². The van der Waals surface area contributed by atoms with Crippen molar-refractivity contribution in [3.8, 4) is 0 Å². The van der Waals surface area contributed by atoms with Crippen LogP contribution in [0.3, 0.4) is 0 Å². The molecule has 3 rings (SSSR count). The van der Waals surface area contributed by atoms with E-state index in [2.05, 4.69) is 19.7 Å². The predicted molar refractivity (Wildman–Crippen MR) is 78.6 cm³/mol. The Balaban J connectivity index is 1.88. The SMILES string of the molecule is Cc1cc(CN)cc(Sc2nnc3n2CCCCC3)n1. The third-order valence-electron chi connectivity index (χ3n) is 3.50. The number of rotatable bonds is 3. The van der Waals surface area contributed by atoms with E-state index < -0.39 is 0 Å². The molecule has 0 bridgehead atoms. The summed E-state index contributed by atoms with van der Waals surface area (Å²) in [4.78, 5) is 4.56. The Labute approximate surface area is 123 Å². The van der Waals surface area contributed by atoms with E-state index in [9.17, 15) is 0 Å². The third-order valence-corrected chi connectivity index (χ3v) is 4.40. The van der Waals surface area contributed by atoms with Gasteiger partial charge in [-0.05, 0) is 49.2 Å². The standard InChI is InChI=1S/C14H19N5S/c1-10-7-11(9-15)8-13(16-10)20-14-18-17-12-5-3-2-4-6-19(12)14/h7-8H,2-6,9,15H2,1H3. The van der Waals surface area contributed by atoms with Crippen molar-refractivity contribution in [3.63, 3.8) is 0 Å². The fourth-order valence-electron chi connectivity index (χ4n) is 2.50. The lowest BCUT2D eigenvalue weighted by Gasteiger charge is -2.07. The number of fused-ring (bicyclic) bond motifs is 1. The molecule has 0 spiro atoms. The van der Waals surface area contributed by atoms with E-state index >= 15 is 0 Å². The summed E-state index contributed by atoms with van der Waals surface area (Å²) in [5.41, 5.74) is 7.82. The molecule has 6 heteroatoms. The maximum Gasteiger partial charge on any atom is 0.197 e. The number of aryl methyl sites for hydroxylation is 2. The van der Waals surface area contributed by atoms with Crippen LogP contribution in [0, 0.1) is 6.92 Å². The highest BCUT2D eigenvalue weighted by molar-refractivity contribution is 7.99. The van der Waals surface area contributed by atoms with Crippen molar-refractivity contribution >= 4 is 11.8 Å². The minimum absolute atomic E-state index is 0.537. The summed E-state index contributed by atoms with van der Waals surface area (Å²) in [5, 5.41) is 10.5. The zero-order chi connectivity index (χ0) is 13.9. The summed E-state index contributed by atoms with van der Waals surface area (Å²) in [7, 11) is 0. The summed E-state index contributed by atoms with van der Waals surface area (Å²) in [6.45, 7) is 3.54. The minimum Gasteiger partial charge on any atom is -0.326 e. The van der Waals surface area contributed by atoms with Gasteiger partial charge in [0.15, 0.2) is 5.16 Å². The maximum absolute atomic E-state index is 5.72. The van der Waals surface area contributed by atoms with Crippen LogP contribution in [0.15, 0.2) is 22.3 Å². The third kappa shape index (κ3) is 2.86. The molecule has 2 N–H and O–H groups in total. The first kappa shape index (κ1) is 13.6. The highest BCUT2D eigenvalue weighted by Gasteiger charge is 2.16. The molecule has 1 aliphatic heterocycles. The largest absolute Gasteiger partial charge is 0.326 e. The van der Waals surface area contributed by atoms with Crippen molar-refractivity contribution in [2.75, 3.05) is 0 Å². The van der Waals surface area contributed by atoms with E-state index in [1.165, 1.54) is 19.3 Å². The number of nitrogens with two attached hydrogens (primary N) is 1. The Morgan fingerprint density at radius 3 is 3.00 bits per heavy atom. The number of hydrogen-bond donors (Lipinski definition) is 1. The number of hydrogen-bond acceptors (Lipinski definition) is 5. The molecule has 0 fully saturated rings. The van der Waals surface area contributed by atoms with Crippen LogP contribution in [0.25, 0.3) is 0 Å². The maximum atomic E-state index is 5.72. The molecule has 106 valence electrons. The van der Waals surface area contributed by atoms with Gasteiger partial charge in [-0.1, -0.05) is 6.42 Å². The van der Waals surface area contributed by atoms with E-state index in [0.29, 0.717) is 6.54 Å². The smallest absolute Gasteiger partial charge is 0.197 e. The van der Waals surface area contributed by atoms with Gasteiger partial charge in [-0.3, -0.25) is 0 Å². The minimum atomic E-state index is 0.537. The zero-order valence-corrected chi connectivity index (χ0v) is 12.5. The predicted octanol–water partition coefficient (Wildman–Crippen LogP) is 2.32. The fourth-order valence-corrected chi connectivity index (χ4v) is 3.48. The van der Waals surface area contributed by atoms with Crippen molar-refractivity contribution < 1.29 is 0 Å². The topological polar surface area (TPSA) is 69.6 Å². The molecule has 0 aromatic carbocycles. The number of pyridine rings is 1. The average molecular weight is 289 g/mol. The molecular formula is C14H19N5S. The fraction of sp³-hybridized carbons (Fsp3) is 0.500. The van der Waals surface area contributed by atoms with E-state index in [0.717, 1.165) is 40.2 Å². The van der Waals surface area contributed by atoms with E-state index in [1.54, 1.807) is 11.8 Å². The lowest BCUT2D eigenvalue weighted by Crippen LogP contribution is -2.03. The van der Waals surface area contributed by atoms with Gasteiger partial charge in [-0.2, -0.15) is 0 Å². The summed E-state index contributed by atoms with van der Waals surface area (Å²) < 4.78 is 2.24. The lowest BCUT2D eigenvalue weighted by molar-refractivity contribution is 0.590. The summed E-state index contributed by atoms with van der Waals surface area (Å²) >= 11 is 1.58. The van der Waals surface area contributed by atoms with Gasteiger partial charge in [0.2, 0.25) is 0 Å². The van der Waals surface area contributed by atoms with Gasteiger partial charge >= 0.3 is 0 Å². The van der Waals surface area contributed by atoms with E-state index in [-0.39, 0.29) is 0 Å². The normalized spacial score (nSPS) is 14.9. The van der Waals surface area contributed by atoms with E-state index in [1.807, 2.05) is 19.1 Å². The van der Waals surface area contributed by atoms with Crippen LogP contribution in [0.4, 0.5) is 0 Å². The monoisotopic (exact) mass is 289 g/mol. The van der Waals surface area contributed by atoms with Crippen LogP contribution in [0.5, 0.6) is 0 Å². The van der Waals surface area contributed by atoms with Crippen LogP contribution < -0.4 is 5.73 Å². The van der Waals surface area contributed by atoms with Gasteiger partial charge in [-0.25, -0.2) is 4.98 Å². The molecular weight excluding hydrogens is 270 g/mol. The van der Waals surface area contributed by atoms with Crippen LogP contribution in [-0.2, 0) is 19.5 Å². The average Bonchev–Trinajstić information content (AvgIpc) is 2.67. The van der Waals surface area contributed by atoms with E-state index in [4.69, 9.17) is 5.73 Å². The molecule has 2 aromatic heterocycles. The van der Waals surface area contributed by atoms with Crippen molar-refractivity contribution in [1.82, 2.24) is 19.7 Å². The Bertz CT molecular complexity index is 608. The molecule has 3 heterocycles. The van der Waals surface area contributed by atoms with Gasteiger partial charge in [0.05, 0.1) is 0 Å². The molecule has 5 nitrogen and oxygen atoms in total. The second-order valence-electron chi connectivity index (χ2n) is 5.12. The van der Waals surface area contributed by atoms with Gasteiger partial charge in [0.1, 0.15) is 10.9 Å². The van der Waals surface area contributed by atoms with Crippen LogP contribution >= 0.6 is 11.8 Å². The quantitative estimate of drug-likeness (QED) is 0.939. The van der Waals surface area contributed by atoms with Gasteiger partial charge in [-0.15, -0.1) is 10.2 Å². The molecule has 2 aromatic rings. The number of nitrogens with zero attached hydrogens (tertiary/aromatic N) is 4. The highest BCUT2D eigenvalue weighted by Crippen LogP contribution is 2.28. The Morgan fingerprint density at radius 1 is 1.25 bits per heavy atom. The Morgan fingerprint density at radius 2 is 2.15 bits per heavy atom. The molecule has 0 aliphatic carbocycles. The van der Waals surface area contributed by atoms with Crippen LogP contribution in [0.1, 0.15) is 36.3 Å². The van der Waals surface area contributed by atoms with Crippen molar-refractivity contribution in [2.45, 2.75) is 55.9 Å². The van der Waals surface area contributed by atoms with Crippen molar-refractivity contribution in [3.05, 3.63) is 29.2 Å². The lowest BCUT2D eigenvalue weighted by atomic mass is 10.2. The molecule has 0 saturated heterocycles. The molecule has 0 radical (unpaired) electrons. The second-order valence-corrected chi connectivity index (χ2v) is 6.11. The van der Waals surface area contributed by atoms with Crippen molar-refractivity contribution in [1.29, 1.82) is 0 Å². The first-order chi connectivity index (χ1) is 9.76. The highest BCUT2D eigenvalue weighted by atomic mass is 32.2. The molecule has 0 saturated carbocycles. The zero-order valence-electron chi connectivity index (χ0n) is 11.7.